The molecule has 3 N–H and O–H groups in total. The smallest absolute Gasteiger partial charge is 0.356 e. The summed E-state index contributed by atoms with van der Waals surface area (Å²) in [6.45, 7) is 0.820. The maximum atomic E-state index is 13.8. The van der Waals surface area contributed by atoms with Crippen molar-refractivity contribution in [2.45, 2.75) is 81.6 Å². The van der Waals surface area contributed by atoms with E-state index in [9.17, 15) is 37.6 Å². The minimum absolute atomic E-state index is 0.0397. The first-order valence-electron chi connectivity index (χ1n) is 13.2. The van der Waals surface area contributed by atoms with E-state index in [-0.39, 0.29) is 49.0 Å². The molecule has 7 atom stereocenters. The molecule has 2 aliphatic heterocycles. The number of fused-ring (bicyclic) bond motifs is 1. The molecule has 5 aliphatic rings. The third-order valence-corrected chi connectivity index (χ3v) is 8.99. The fourth-order valence-corrected chi connectivity index (χ4v) is 6.92. The Bertz CT molecular complexity index is 1020. The Morgan fingerprint density at radius 3 is 2.54 bits per heavy atom. The first-order valence-corrected chi connectivity index (χ1v) is 13.2. The summed E-state index contributed by atoms with van der Waals surface area (Å²) in [4.78, 5) is 52.8. The Morgan fingerprint density at radius 1 is 1.14 bits per heavy atom. The number of nitrogens with zero attached hydrogens (tertiary/aromatic N) is 2. The fraction of sp³-hybridized carbons (Fsp3) is 0.800. The summed E-state index contributed by atoms with van der Waals surface area (Å²) in [7, 11) is 0. The average molecular weight is 524 g/mol. The monoisotopic (exact) mass is 523 g/mol. The number of hydrogen-bond acceptors (Lipinski definition) is 5. The van der Waals surface area contributed by atoms with Crippen molar-refractivity contribution in [2.75, 3.05) is 13.1 Å². The van der Waals surface area contributed by atoms with Gasteiger partial charge in [-0.2, -0.15) is 18.4 Å². The van der Waals surface area contributed by atoms with Gasteiger partial charge in [0.25, 0.3) is 0 Å². The molecule has 5 rings (SSSR count). The predicted octanol–water partition coefficient (Wildman–Crippen LogP) is 1.39. The summed E-state index contributed by atoms with van der Waals surface area (Å²) >= 11 is 0. The Morgan fingerprint density at radius 2 is 1.89 bits per heavy atom. The zero-order chi connectivity index (χ0) is 26.5. The van der Waals surface area contributed by atoms with Crippen LogP contribution in [0.4, 0.5) is 13.2 Å². The van der Waals surface area contributed by atoms with Gasteiger partial charge in [0.15, 0.2) is 0 Å². The van der Waals surface area contributed by atoms with Crippen molar-refractivity contribution in [1.82, 2.24) is 20.9 Å². The summed E-state index contributed by atoms with van der Waals surface area (Å²) in [5.41, 5.74) is -1.64. The number of nitrogens with one attached hydrogen (secondary N) is 3. The van der Waals surface area contributed by atoms with Crippen LogP contribution in [-0.2, 0) is 19.2 Å². The molecule has 0 aromatic carbocycles. The standard InChI is InChI=1S/C25H32F3N5O4/c26-25(27,28)22(36)32-24(10-18(24)13-6-7-13)23(37)33-12-15-3-1-5-17(15)19(33)21(35)31-16(11-29)9-14-4-2-8-30-20(14)34/h13-19H,1-10,12H2,(H,30,34)(H,31,35)(H,32,36)/t14?,15-,16-,17-,18?,19-,24+/m0/s1. The van der Waals surface area contributed by atoms with Gasteiger partial charge in [-0.05, 0) is 75.0 Å². The first-order chi connectivity index (χ1) is 17.5. The van der Waals surface area contributed by atoms with Gasteiger partial charge in [0.1, 0.15) is 17.6 Å². The number of halogens is 3. The number of carbonyl (C=O) groups excluding carboxylic acids is 4. The summed E-state index contributed by atoms with van der Waals surface area (Å²) < 4.78 is 39.4. The van der Waals surface area contributed by atoms with Crippen molar-refractivity contribution < 1.29 is 32.3 Å². The zero-order valence-corrected chi connectivity index (χ0v) is 20.5. The first kappa shape index (κ1) is 25.8. The van der Waals surface area contributed by atoms with Crippen molar-refractivity contribution in [1.29, 1.82) is 5.26 Å². The Hall–Kier alpha value is -2.84. The highest BCUT2D eigenvalue weighted by Crippen LogP contribution is 2.59. The van der Waals surface area contributed by atoms with Crippen LogP contribution in [0.2, 0.25) is 0 Å². The minimum Gasteiger partial charge on any atom is -0.356 e. The number of rotatable bonds is 7. The molecule has 9 nitrogen and oxygen atoms in total. The number of hydrogen-bond donors (Lipinski definition) is 3. The fourth-order valence-electron chi connectivity index (χ4n) is 6.92. The van der Waals surface area contributed by atoms with E-state index in [1.165, 1.54) is 4.90 Å². The van der Waals surface area contributed by atoms with E-state index < -0.39 is 47.4 Å². The van der Waals surface area contributed by atoms with E-state index in [0.29, 0.717) is 19.4 Å². The SMILES string of the molecule is N#C[C@H](CC1CCCNC1=O)NC(=O)[C@@H]1[C@H]2CCC[C@H]2CN1C(=O)[C@@]1(NC(=O)C(F)(F)F)CC1C1CC1. The Kier molecular flexibility index (Phi) is 6.61. The van der Waals surface area contributed by atoms with E-state index in [1.54, 1.807) is 0 Å². The van der Waals surface area contributed by atoms with E-state index in [1.807, 2.05) is 11.4 Å². The molecule has 5 fully saturated rings. The maximum Gasteiger partial charge on any atom is 0.471 e. The number of amides is 4. The van der Waals surface area contributed by atoms with Gasteiger partial charge in [-0.25, -0.2) is 0 Å². The summed E-state index contributed by atoms with van der Waals surface area (Å²) in [6, 6.07) is 0.193. The lowest BCUT2D eigenvalue weighted by Crippen LogP contribution is -2.59. The molecular weight excluding hydrogens is 491 g/mol. The maximum absolute atomic E-state index is 13.8. The van der Waals surface area contributed by atoms with Crippen molar-refractivity contribution in [2.24, 2.45) is 29.6 Å². The topological polar surface area (TPSA) is 131 Å². The van der Waals surface area contributed by atoms with Crippen LogP contribution >= 0.6 is 0 Å². The molecule has 0 aromatic heterocycles. The molecule has 3 saturated carbocycles. The van der Waals surface area contributed by atoms with Crippen molar-refractivity contribution >= 4 is 23.6 Å². The number of carbonyl (C=O) groups is 4. The van der Waals surface area contributed by atoms with Crippen molar-refractivity contribution in [3.05, 3.63) is 0 Å². The molecule has 2 heterocycles. The number of likely N-dealkylation sites (tertiary alicyclic amines) is 1. The molecule has 2 unspecified atom stereocenters. The highest BCUT2D eigenvalue weighted by atomic mass is 19.4. The van der Waals surface area contributed by atoms with Crippen LogP contribution < -0.4 is 16.0 Å². The number of nitriles is 1. The number of piperidine rings is 1. The summed E-state index contributed by atoms with van der Waals surface area (Å²) in [5, 5.41) is 17.2. The lowest BCUT2D eigenvalue weighted by Gasteiger charge is -2.32. The summed E-state index contributed by atoms with van der Waals surface area (Å²) in [6.07, 6.45) is 0.547. The summed E-state index contributed by atoms with van der Waals surface area (Å²) in [5.74, 6) is -4.23. The molecule has 2 saturated heterocycles. The van der Waals surface area contributed by atoms with Gasteiger partial charge in [-0.15, -0.1) is 0 Å². The highest BCUT2D eigenvalue weighted by molar-refractivity contribution is 5.99. The van der Waals surface area contributed by atoms with E-state index >= 15 is 0 Å². The molecule has 0 spiro atoms. The normalized spacial score (nSPS) is 35.7. The second-order valence-corrected chi connectivity index (χ2v) is 11.4. The molecule has 3 aliphatic carbocycles. The molecule has 12 heteroatoms. The molecule has 4 amide bonds. The zero-order valence-electron chi connectivity index (χ0n) is 20.5. The third kappa shape index (κ3) is 4.89. The van der Waals surface area contributed by atoms with Crippen LogP contribution in [-0.4, -0.2) is 65.4 Å². The third-order valence-electron chi connectivity index (χ3n) is 8.99. The molecule has 37 heavy (non-hydrogen) atoms. The van der Waals surface area contributed by atoms with Crippen LogP contribution in [0.15, 0.2) is 0 Å². The lowest BCUT2D eigenvalue weighted by molar-refractivity contribution is -0.175. The van der Waals surface area contributed by atoms with Crippen LogP contribution in [0.25, 0.3) is 0 Å². The number of alkyl halides is 3. The van der Waals surface area contributed by atoms with Crippen LogP contribution in [0.5, 0.6) is 0 Å². The quantitative estimate of drug-likeness (QED) is 0.464. The molecule has 0 bridgehead atoms. The van der Waals surface area contributed by atoms with Gasteiger partial charge in [-0.3, -0.25) is 19.2 Å². The average Bonchev–Trinajstić information content (AvgIpc) is 3.72. The van der Waals surface area contributed by atoms with Gasteiger partial charge >= 0.3 is 12.1 Å². The predicted molar refractivity (Wildman–Crippen MR) is 122 cm³/mol. The molecular formula is C25H32F3N5O4. The van der Waals surface area contributed by atoms with Gasteiger partial charge in [0.05, 0.1) is 6.07 Å². The Balaban J connectivity index is 1.34. The molecule has 0 radical (unpaired) electrons. The van der Waals surface area contributed by atoms with E-state index in [2.05, 4.69) is 10.6 Å². The highest BCUT2D eigenvalue weighted by Gasteiger charge is 2.69. The van der Waals surface area contributed by atoms with Gasteiger partial charge in [0, 0.05) is 19.0 Å². The largest absolute Gasteiger partial charge is 0.471 e. The van der Waals surface area contributed by atoms with Gasteiger partial charge < -0.3 is 20.9 Å². The second kappa shape index (κ2) is 9.48. The minimum atomic E-state index is -5.12. The molecule has 202 valence electrons. The van der Waals surface area contributed by atoms with E-state index in [0.717, 1.165) is 32.1 Å². The van der Waals surface area contributed by atoms with Crippen molar-refractivity contribution in [3.8, 4) is 6.07 Å². The van der Waals surface area contributed by atoms with E-state index in [4.69, 9.17) is 0 Å². The van der Waals surface area contributed by atoms with Crippen LogP contribution in [0, 0.1) is 40.9 Å². The van der Waals surface area contributed by atoms with Gasteiger partial charge in [0.2, 0.25) is 17.7 Å². The van der Waals surface area contributed by atoms with Crippen LogP contribution in [0.1, 0.15) is 57.8 Å². The van der Waals surface area contributed by atoms with Gasteiger partial charge in [-0.1, -0.05) is 6.42 Å². The van der Waals surface area contributed by atoms with Crippen LogP contribution in [0.3, 0.4) is 0 Å². The second-order valence-electron chi connectivity index (χ2n) is 11.4. The molecule has 0 aromatic rings. The van der Waals surface area contributed by atoms with Crippen molar-refractivity contribution in [3.63, 3.8) is 0 Å². The lowest BCUT2D eigenvalue weighted by atomic mass is 9.90. The Labute approximate surface area is 212 Å².